The molecule has 0 radical (unpaired) electrons. The molecule has 0 unspecified atom stereocenters. The van der Waals surface area contributed by atoms with Crippen LogP contribution in [0.25, 0.3) is 0 Å². The lowest BCUT2D eigenvalue weighted by Crippen LogP contribution is -2.36. The van der Waals surface area contributed by atoms with Crippen LogP contribution in [0.5, 0.6) is 11.5 Å². The van der Waals surface area contributed by atoms with Crippen molar-refractivity contribution >= 4 is 5.91 Å². The zero-order valence-electron chi connectivity index (χ0n) is 11.8. The van der Waals surface area contributed by atoms with Crippen LogP contribution in [-0.4, -0.2) is 39.4 Å². The van der Waals surface area contributed by atoms with Crippen LogP contribution in [0.3, 0.4) is 0 Å². The van der Waals surface area contributed by atoms with Gasteiger partial charge in [-0.3, -0.25) is 4.79 Å². The number of para-hydroxylation sites is 2. The van der Waals surface area contributed by atoms with Gasteiger partial charge in [0.05, 0.1) is 13.7 Å². The van der Waals surface area contributed by atoms with Gasteiger partial charge in [0.2, 0.25) is 5.91 Å². The van der Waals surface area contributed by atoms with E-state index in [2.05, 4.69) is 5.32 Å². The van der Waals surface area contributed by atoms with E-state index in [1.54, 1.807) is 7.11 Å². The first-order chi connectivity index (χ1) is 9.81. The Balaban J connectivity index is 1.69. The van der Waals surface area contributed by atoms with Gasteiger partial charge < -0.3 is 19.5 Å². The third-order valence-corrected chi connectivity index (χ3v) is 3.32. The van der Waals surface area contributed by atoms with Gasteiger partial charge in [-0.1, -0.05) is 12.1 Å². The molecular formula is C15H21NO4. The van der Waals surface area contributed by atoms with E-state index in [1.807, 2.05) is 24.3 Å². The quantitative estimate of drug-likeness (QED) is 0.804. The Labute approximate surface area is 119 Å². The van der Waals surface area contributed by atoms with Crippen molar-refractivity contribution in [3.8, 4) is 11.5 Å². The molecule has 0 aliphatic carbocycles. The lowest BCUT2D eigenvalue weighted by Gasteiger charge is -2.21. The SMILES string of the molecule is COc1ccccc1OCCNC(=O)C1CCOCC1. The summed E-state index contributed by atoms with van der Waals surface area (Å²) in [6.07, 6.45) is 1.61. The van der Waals surface area contributed by atoms with Crippen LogP contribution < -0.4 is 14.8 Å². The van der Waals surface area contributed by atoms with Crippen LogP contribution in [0.2, 0.25) is 0 Å². The van der Waals surface area contributed by atoms with E-state index in [-0.39, 0.29) is 11.8 Å². The number of carbonyl (C=O) groups is 1. The predicted molar refractivity (Wildman–Crippen MR) is 75.0 cm³/mol. The number of benzene rings is 1. The number of hydrogen-bond donors (Lipinski definition) is 1. The van der Waals surface area contributed by atoms with Crippen LogP contribution >= 0.6 is 0 Å². The minimum atomic E-state index is 0.0787. The first-order valence-corrected chi connectivity index (χ1v) is 6.92. The van der Waals surface area contributed by atoms with E-state index >= 15 is 0 Å². The Hall–Kier alpha value is -1.75. The molecule has 1 aromatic carbocycles. The molecule has 1 fully saturated rings. The molecule has 0 bridgehead atoms. The van der Waals surface area contributed by atoms with E-state index in [9.17, 15) is 4.79 Å². The summed E-state index contributed by atoms with van der Waals surface area (Å²) < 4.78 is 16.0. The van der Waals surface area contributed by atoms with Crippen molar-refractivity contribution < 1.29 is 19.0 Å². The number of nitrogens with one attached hydrogen (secondary N) is 1. The summed E-state index contributed by atoms with van der Waals surface area (Å²) in [7, 11) is 1.61. The van der Waals surface area contributed by atoms with Gasteiger partial charge in [0.25, 0.3) is 0 Å². The zero-order chi connectivity index (χ0) is 14.2. The van der Waals surface area contributed by atoms with Crippen LogP contribution in [0.15, 0.2) is 24.3 Å². The van der Waals surface area contributed by atoms with Crippen molar-refractivity contribution in [1.29, 1.82) is 0 Å². The Morgan fingerprint density at radius 1 is 1.30 bits per heavy atom. The van der Waals surface area contributed by atoms with Crippen LogP contribution in [-0.2, 0) is 9.53 Å². The van der Waals surface area contributed by atoms with Gasteiger partial charge in [-0.25, -0.2) is 0 Å². The van der Waals surface area contributed by atoms with E-state index in [4.69, 9.17) is 14.2 Å². The Bertz CT molecular complexity index is 430. The second kappa shape index (κ2) is 7.75. The Kier molecular flexibility index (Phi) is 5.68. The highest BCUT2D eigenvalue weighted by atomic mass is 16.5. The topological polar surface area (TPSA) is 56.8 Å². The first kappa shape index (κ1) is 14.7. The molecule has 5 nitrogen and oxygen atoms in total. The number of ether oxygens (including phenoxy) is 3. The fourth-order valence-corrected chi connectivity index (χ4v) is 2.18. The fourth-order valence-electron chi connectivity index (χ4n) is 2.18. The van der Waals surface area contributed by atoms with Gasteiger partial charge in [-0.05, 0) is 25.0 Å². The third kappa shape index (κ3) is 4.13. The van der Waals surface area contributed by atoms with Gasteiger partial charge in [-0.15, -0.1) is 0 Å². The molecule has 1 saturated heterocycles. The average Bonchev–Trinajstić information content (AvgIpc) is 2.52. The van der Waals surface area contributed by atoms with E-state index in [0.29, 0.717) is 37.9 Å². The molecule has 2 rings (SSSR count). The lowest BCUT2D eigenvalue weighted by molar-refractivity contribution is -0.127. The molecule has 20 heavy (non-hydrogen) atoms. The van der Waals surface area contributed by atoms with Gasteiger partial charge in [0.15, 0.2) is 11.5 Å². The van der Waals surface area contributed by atoms with Gasteiger partial charge in [0.1, 0.15) is 6.61 Å². The second-order valence-electron chi connectivity index (χ2n) is 4.68. The maximum Gasteiger partial charge on any atom is 0.223 e. The molecule has 1 aliphatic heterocycles. The summed E-state index contributed by atoms with van der Waals surface area (Å²) in [4.78, 5) is 11.9. The minimum absolute atomic E-state index is 0.0787. The molecule has 0 atom stereocenters. The molecule has 5 heteroatoms. The summed E-state index contributed by atoms with van der Waals surface area (Å²) in [6, 6.07) is 7.46. The monoisotopic (exact) mass is 279 g/mol. The lowest BCUT2D eigenvalue weighted by atomic mass is 9.99. The summed E-state index contributed by atoms with van der Waals surface area (Å²) in [5.41, 5.74) is 0. The van der Waals surface area contributed by atoms with Crippen molar-refractivity contribution in [1.82, 2.24) is 5.32 Å². The van der Waals surface area contributed by atoms with Crippen LogP contribution in [0.4, 0.5) is 0 Å². The summed E-state index contributed by atoms with van der Waals surface area (Å²) in [5.74, 6) is 1.56. The van der Waals surface area contributed by atoms with Crippen molar-refractivity contribution in [3.05, 3.63) is 24.3 Å². The summed E-state index contributed by atoms with van der Waals surface area (Å²) in [6.45, 7) is 2.27. The zero-order valence-corrected chi connectivity index (χ0v) is 11.8. The van der Waals surface area contributed by atoms with Crippen LogP contribution in [0.1, 0.15) is 12.8 Å². The van der Waals surface area contributed by atoms with E-state index in [1.165, 1.54) is 0 Å². The number of methoxy groups -OCH3 is 1. The average molecular weight is 279 g/mol. The van der Waals surface area contributed by atoms with E-state index < -0.39 is 0 Å². The molecule has 1 heterocycles. The molecule has 1 aliphatic rings. The van der Waals surface area contributed by atoms with Crippen molar-refractivity contribution in [2.45, 2.75) is 12.8 Å². The number of amides is 1. The largest absolute Gasteiger partial charge is 0.493 e. The molecular weight excluding hydrogens is 258 g/mol. The standard InChI is InChI=1S/C15H21NO4/c1-18-13-4-2-3-5-14(13)20-11-8-16-15(17)12-6-9-19-10-7-12/h2-5,12H,6-11H2,1H3,(H,16,17). The summed E-state index contributed by atoms with van der Waals surface area (Å²) >= 11 is 0. The van der Waals surface area contributed by atoms with Gasteiger partial charge >= 0.3 is 0 Å². The Morgan fingerprint density at radius 3 is 2.70 bits per heavy atom. The Morgan fingerprint density at radius 2 is 2.00 bits per heavy atom. The molecule has 0 saturated carbocycles. The highest BCUT2D eigenvalue weighted by Gasteiger charge is 2.20. The minimum Gasteiger partial charge on any atom is -0.493 e. The number of rotatable bonds is 6. The maximum atomic E-state index is 11.9. The van der Waals surface area contributed by atoms with Crippen LogP contribution in [0, 0.1) is 5.92 Å². The molecule has 1 amide bonds. The number of carbonyl (C=O) groups excluding carboxylic acids is 1. The predicted octanol–water partition coefficient (Wildman–Crippen LogP) is 1.62. The highest BCUT2D eigenvalue weighted by molar-refractivity contribution is 5.78. The molecule has 110 valence electrons. The fraction of sp³-hybridized carbons (Fsp3) is 0.533. The second-order valence-corrected chi connectivity index (χ2v) is 4.68. The number of hydrogen-bond acceptors (Lipinski definition) is 4. The molecule has 1 N–H and O–H groups in total. The molecule has 0 aromatic heterocycles. The van der Waals surface area contributed by atoms with Crippen molar-refractivity contribution in [3.63, 3.8) is 0 Å². The summed E-state index contributed by atoms with van der Waals surface area (Å²) in [5, 5.41) is 2.90. The smallest absolute Gasteiger partial charge is 0.223 e. The first-order valence-electron chi connectivity index (χ1n) is 6.92. The van der Waals surface area contributed by atoms with Crippen molar-refractivity contribution in [2.24, 2.45) is 5.92 Å². The maximum absolute atomic E-state index is 11.9. The third-order valence-electron chi connectivity index (χ3n) is 3.32. The molecule has 0 spiro atoms. The van der Waals surface area contributed by atoms with Gasteiger partial charge in [-0.2, -0.15) is 0 Å². The van der Waals surface area contributed by atoms with Crippen molar-refractivity contribution in [2.75, 3.05) is 33.5 Å². The van der Waals surface area contributed by atoms with E-state index in [0.717, 1.165) is 12.8 Å². The van der Waals surface area contributed by atoms with Gasteiger partial charge in [0, 0.05) is 19.1 Å². The normalized spacial score (nSPS) is 15.7. The molecule has 1 aromatic rings. The highest BCUT2D eigenvalue weighted by Crippen LogP contribution is 2.25.